The number of carbonyl (C=O) groups is 1. The van der Waals surface area contributed by atoms with Gasteiger partial charge in [-0.05, 0) is 105 Å². The van der Waals surface area contributed by atoms with Gasteiger partial charge in [0, 0.05) is 17.0 Å². The third-order valence-electron chi connectivity index (χ3n) is 11.4. The van der Waals surface area contributed by atoms with Crippen LogP contribution < -0.4 is 0 Å². The standard InChI is InChI=1S/C32H51ClO2/c1-20(2)9-8-10-21(3)27-13-14-28-26-12-11-24-19-25(35-30(34)22(4)23(5)33)15-17-31(24,6)29(26)16-18-32(27,28)7/h11,20-21,25-29H,8-10,12-19H2,1-7H3/b23-22-/t21-,25-,26+,27-,28+,29+,31-,32+/m0/s1. The SMILES string of the molecule is C/C(Cl)=C(\C)C(=O)O[C@H]1CC[C@@]2(C)C(=CC[C@@H]3[C@H]4CC[C@@H]([C@@H](C)CCCC(C)C)[C@@]4(C)CC[C@H]32)C1. The van der Waals surface area contributed by atoms with Crippen LogP contribution in [0.1, 0.15) is 119 Å². The number of halogens is 1. The molecule has 0 amide bonds. The van der Waals surface area contributed by atoms with E-state index >= 15 is 0 Å². The van der Waals surface area contributed by atoms with E-state index in [4.69, 9.17) is 16.3 Å². The second kappa shape index (κ2) is 10.5. The van der Waals surface area contributed by atoms with Crippen LogP contribution >= 0.6 is 11.6 Å². The molecular formula is C32H51ClO2. The Balaban J connectivity index is 1.44. The van der Waals surface area contributed by atoms with Crippen molar-refractivity contribution < 1.29 is 9.53 Å². The molecule has 0 aromatic heterocycles. The third-order valence-corrected chi connectivity index (χ3v) is 11.6. The zero-order chi connectivity index (χ0) is 25.5. The van der Waals surface area contributed by atoms with Gasteiger partial charge < -0.3 is 4.74 Å². The van der Waals surface area contributed by atoms with E-state index < -0.39 is 0 Å². The molecule has 0 bridgehead atoms. The van der Waals surface area contributed by atoms with Crippen LogP contribution in [0.3, 0.4) is 0 Å². The fourth-order valence-electron chi connectivity index (χ4n) is 9.13. The van der Waals surface area contributed by atoms with Crippen molar-refractivity contribution >= 4 is 17.6 Å². The number of ether oxygens (including phenoxy) is 1. The van der Waals surface area contributed by atoms with Gasteiger partial charge in [0.1, 0.15) is 6.10 Å². The van der Waals surface area contributed by atoms with E-state index in [9.17, 15) is 4.79 Å². The quantitative estimate of drug-likeness (QED) is 0.197. The molecule has 0 aromatic carbocycles. The molecule has 3 heteroatoms. The summed E-state index contributed by atoms with van der Waals surface area (Å²) < 4.78 is 5.90. The molecule has 4 aliphatic rings. The first-order valence-corrected chi connectivity index (χ1v) is 15.1. The van der Waals surface area contributed by atoms with Crippen molar-refractivity contribution in [2.75, 3.05) is 0 Å². The van der Waals surface area contributed by atoms with Crippen LogP contribution in [-0.2, 0) is 9.53 Å². The Morgan fingerprint density at radius 3 is 2.49 bits per heavy atom. The molecule has 0 aliphatic heterocycles. The highest BCUT2D eigenvalue weighted by Gasteiger charge is 2.59. The highest BCUT2D eigenvalue weighted by molar-refractivity contribution is 6.31. The van der Waals surface area contributed by atoms with E-state index in [1.54, 1.807) is 19.4 Å². The average Bonchev–Trinajstić information content (AvgIpc) is 3.15. The van der Waals surface area contributed by atoms with Crippen molar-refractivity contribution in [3.05, 3.63) is 22.3 Å². The Bertz CT molecular complexity index is 852. The fourth-order valence-corrected chi connectivity index (χ4v) is 9.21. The van der Waals surface area contributed by atoms with E-state index in [-0.39, 0.29) is 12.1 Å². The Morgan fingerprint density at radius 1 is 1.06 bits per heavy atom. The summed E-state index contributed by atoms with van der Waals surface area (Å²) in [6, 6.07) is 0. The highest BCUT2D eigenvalue weighted by Crippen LogP contribution is 2.67. The molecule has 0 N–H and O–H groups in total. The van der Waals surface area contributed by atoms with Gasteiger partial charge in [-0.15, -0.1) is 0 Å². The number of rotatable bonds is 7. The molecule has 0 heterocycles. The smallest absolute Gasteiger partial charge is 0.335 e. The van der Waals surface area contributed by atoms with Crippen molar-refractivity contribution in [1.29, 1.82) is 0 Å². The maximum absolute atomic E-state index is 12.5. The second-order valence-electron chi connectivity index (χ2n) is 13.7. The maximum Gasteiger partial charge on any atom is 0.335 e. The monoisotopic (exact) mass is 502 g/mol. The van der Waals surface area contributed by atoms with Gasteiger partial charge in [0.25, 0.3) is 0 Å². The molecule has 0 aromatic rings. The highest BCUT2D eigenvalue weighted by atomic mass is 35.5. The number of allylic oxidation sites excluding steroid dienone is 2. The zero-order valence-electron chi connectivity index (χ0n) is 23.6. The van der Waals surface area contributed by atoms with Crippen molar-refractivity contribution in [2.24, 2.45) is 46.3 Å². The lowest BCUT2D eigenvalue weighted by Crippen LogP contribution is -2.51. The largest absolute Gasteiger partial charge is 0.459 e. The Kier molecular flexibility index (Phi) is 8.22. The van der Waals surface area contributed by atoms with Gasteiger partial charge >= 0.3 is 5.97 Å². The van der Waals surface area contributed by atoms with Crippen LogP contribution in [0.4, 0.5) is 0 Å². The molecule has 0 spiro atoms. The van der Waals surface area contributed by atoms with E-state index in [0.717, 1.165) is 54.8 Å². The third kappa shape index (κ3) is 5.17. The van der Waals surface area contributed by atoms with E-state index in [2.05, 4.69) is 40.7 Å². The van der Waals surface area contributed by atoms with Crippen LogP contribution in [0.25, 0.3) is 0 Å². The van der Waals surface area contributed by atoms with Crippen LogP contribution in [0.2, 0.25) is 0 Å². The summed E-state index contributed by atoms with van der Waals surface area (Å²) in [4.78, 5) is 12.5. The van der Waals surface area contributed by atoms with E-state index in [0.29, 0.717) is 21.4 Å². The van der Waals surface area contributed by atoms with Crippen molar-refractivity contribution in [3.63, 3.8) is 0 Å². The maximum atomic E-state index is 12.5. The fraction of sp³-hybridized carbons (Fsp3) is 0.844. The van der Waals surface area contributed by atoms with Gasteiger partial charge in [-0.3, -0.25) is 0 Å². The topological polar surface area (TPSA) is 26.3 Å². The Morgan fingerprint density at radius 2 is 1.80 bits per heavy atom. The lowest BCUT2D eigenvalue weighted by Gasteiger charge is -2.58. The molecule has 0 radical (unpaired) electrons. The van der Waals surface area contributed by atoms with E-state index in [1.807, 2.05) is 0 Å². The van der Waals surface area contributed by atoms with Crippen molar-refractivity contribution in [2.45, 2.75) is 125 Å². The van der Waals surface area contributed by atoms with Crippen molar-refractivity contribution in [1.82, 2.24) is 0 Å². The number of hydrogen-bond donors (Lipinski definition) is 0. The molecule has 4 aliphatic carbocycles. The minimum Gasteiger partial charge on any atom is -0.459 e. The van der Waals surface area contributed by atoms with Crippen LogP contribution in [0, 0.1) is 46.3 Å². The lowest BCUT2D eigenvalue weighted by atomic mass is 9.47. The molecule has 35 heavy (non-hydrogen) atoms. The minimum atomic E-state index is -0.242. The molecule has 0 saturated heterocycles. The normalized spacial score (nSPS) is 40.3. The zero-order valence-corrected chi connectivity index (χ0v) is 24.3. The minimum absolute atomic E-state index is 0.000692. The first-order valence-electron chi connectivity index (χ1n) is 14.7. The lowest BCUT2D eigenvalue weighted by molar-refractivity contribution is -0.146. The van der Waals surface area contributed by atoms with Crippen LogP contribution in [-0.4, -0.2) is 12.1 Å². The van der Waals surface area contributed by atoms with Gasteiger partial charge in [0.15, 0.2) is 0 Å². The summed E-state index contributed by atoms with van der Waals surface area (Å²) in [5.41, 5.74) is 2.95. The van der Waals surface area contributed by atoms with Crippen molar-refractivity contribution in [3.8, 4) is 0 Å². The van der Waals surface area contributed by atoms with E-state index in [1.165, 1.54) is 51.4 Å². The summed E-state index contributed by atoms with van der Waals surface area (Å²) in [5, 5.41) is 0.532. The first kappa shape index (κ1) is 27.3. The molecule has 2 nitrogen and oxygen atoms in total. The summed E-state index contributed by atoms with van der Waals surface area (Å²) >= 11 is 6.04. The molecule has 3 fully saturated rings. The molecule has 198 valence electrons. The predicted molar refractivity (Wildman–Crippen MR) is 147 cm³/mol. The number of esters is 1. The first-order chi connectivity index (χ1) is 16.5. The summed E-state index contributed by atoms with van der Waals surface area (Å²) in [5.74, 6) is 4.91. The predicted octanol–water partition coefficient (Wildman–Crippen LogP) is 9.47. The van der Waals surface area contributed by atoms with Crippen LogP contribution in [0.15, 0.2) is 22.3 Å². The molecule has 4 rings (SSSR count). The molecule has 8 atom stereocenters. The molecule has 3 saturated carbocycles. The number of fused-ring (bicyclic) bond motifs is 5. The van der Waals surface area contributed by atoms with Gasteiger partial charge in [-0.1, -0.05) is 77.1 Å². The number of carbonyl (C=O) groups excluding carboxylic acids is 1. The molecular weight excluding hydrogens is 452 g/mol. The Labute approximate surface area is 220 Å². The van der Waals surface area contributed by atoms with Gasteiger partial charge in [-0.25, -0.2) is 4.79 Å². The second-order valence-corrected chi connectivity index (χ2v) is 14.3. The average molecular weight is 503 g/mol. The summed E-state index contributed by atoms with van der Waals surface area (Å²) in [6.07, 6.45) is 16.8. The van der Waals surface area contributed by atoms with Gasteiger partial charge in [0.2, 0.25) is 0 Å². The Hall–Kier alpha value is -0.760. The molecule has 0 unspecified atom stereocenters. The summed E-state index contributed by atoms with van der Waals surface area (Å²) in [6.45, 7) is 16.0. The summed E-state index contributed by atoms with van der Waals surface area (Å²) in [7, 11) is 0. The number of hydrogen-bond acceptors (Lipinski definition) is 2. The van der Waals surface area contributed by atoms with Crippen LogP contribution in [0.5, 0.6) is 0 Å². The van der Waals surface area contributed by atoms with Gasteiger partial charge in [0.05, 0.1) is 0 Å². The van der Waals surface area contributed by atoms with Gasteiger partial charge in [-0.2, -0.15) is 0 Å².